The Hall–Kier alpha value is -3.57. The molecule has 0 N–H and O–H groups in total. The molecule has 1 fully saturated rings. The van der Waals surface area contributed by atoms with E-state index >= 15 is 0 Å². The summed E-state index contributed by atoms with van der Waals surface area (Å²) in [6.07, 6.45) is 1.57. The Labute approximate surface area is 204 Å². The van der Waals surface area contributed by atoms with E-state index in [1.165, 1.54) is 22.5 Å². The van der Waals surface area contributed by atoms with E-state index in [-0.39, 0.29) is 48.6 Å². The highest BCUT2D eigenvalue weighted by molar-refractivity contribution is 7.89. The van der Waals surface area contributed by atoms with E-state index in [9.17, 15) is 23.3 Å². The second-order valence-corrected chi connectivity index (χ2v) is 10.7. The fourth-order valence-electron chi connectivity index (χ4n) is 4.18. The molecule has 1 aromatic heterocycles. The number of hydrogen-bond donors (Lipinski definition) is 0. The van der Waals surface area contributed by atoms with Crippen molar-refractivity contribution in [2.45, 2.75) is 31.6 Å². The van der Waals surface area contributed by atoms with Crippen LogP contribution in [0.3, 0.4) is 0 Å². The molecule has 0 saturated carbocycles. The van der Waals surface area contributed by atoms with Crippen molar-refractivity contribution in [1.82, 2.24) is 19.0 Å². The van der Waals surface area contributed by atoms with Gasteiger partial charge in [0.2, 0.25) is 10.0 Å². The second-order valence-electron chi connectivity index (χ2n) is 8.80. The Morgan fingerprint density at radius 3 is 2.31 bits per heavy atom. The smallest absolute Gasteiger partial charge is 0.270 e. The lowest BCUT2D eigenvalue weighted by Crippen LogP contribution is -2.50. The molecule has 10 nitrogen and oxygen atoms in total. The fraction of sp³-hybridized carbons (Fsp3) is 0.333. The average Bonchev–Trinajstić information content (AvgIpc) is 3.30. The number of amides is 1. The van der Waals surface area contributed by atoms with Crippen LogP contribution in [0.2, 0.25) is 0 Å². The normalized spacial score (nSPS) is 14.9. The molecule has 0 bridgehead atoms. The molecule has 0 atom stereocenters. The van der Waals surface area contributed by atoms with Gasteiger partial charge in [-0.25, -0.2) is 13.1 Å². The zero-order valence-electron chi connectivity index (χ0n) is 19.8. The summed E-state index contributed by atoms with van der Waals surface area (Å²) in [6, 6.07) is 12.9. The summed E-state index contributed by atoms with van der Waals surface area (Å²) in [7, 11) is -3.91. The van der Waals surface area contributed by atoms with E-state index < -0.39 is 14.9 Å². The highest BCUT2D eigenvalue weighted by Gasteiger charge is 2.33. The summed E-state index contributed by atoms with van der Waals surface area (Å²) in [5.74, 6) is -0.159. The molecule has 1 aliphatic rings. The first-order valence-corrected chi connectivity index (χ1v) is 12.7. The number of carbonyl (C=O) groups excluding carboxylic acids is 1. The molecule has 35 heavy (non-hydrogen) atoms. The quantitative estimate of drug-likeness (QED) is 0.381. The molecular weight excluding hydrogens is 470 g/mol. The summed E-state index contributed by atoms with van der Waals surface area (Å²) in [6.45, 7) is 6.62. The van der Waals surface area contributed by atoms with Crippen LogP contribution in [0.4, 0.5) is 5.69 Å². The maximum absolute atomic E-state index is 13.4. The van der Waals surface area contributed by atoms with Gasteiger partial charge in [0.25, 0.3) is 11.6 Å². The van der Waals surface area contributed by atoms with Crippen molar-refractivity contribution in [3.05, 3.63) is 81.7 Å². The van der Waals surface area contributed by atoms with Crippen LogP contribution in [0.15, 0.2) is 59.6 Å². The number of sulfonamides is 1. The Kier molecular flexibility index (Phi) is 6.73. The van der Waals surface area contributed by atoms with Gasteiger partial charge in [-0.15, -0.1) is 0 Å². The maximum atomic E-state index is 13.4. The SMILES string of the molecule is Cc1ccc(-n2ncc(C(=O)N3CCN(S(=O)(=O)c4cccc([N+](=O)[O-])c4)CC3)c2C(C)C)cc1. The molecule has 11 heteroatoms. The molecule has 3 aromatic rings. The molecule has 0 spiro atoms. The lowest BCUT2D eigenvalue weighted by molar-refractivity contribution is -0.385. The first-order chi connectivity index (χ1) is 16.6. The number of rotatable bonds is 6. The van der Waals surface area contributed by atoms with Crippen LogP contribution >= 0.6 is 0 Å². The summed E-state index contributed by atoms with van der Waals surface area (Å²) < 4.78 is 29.1. The predicted octanol–water partition coefficient (Wildman–Crippen LogP) is 3.36. The minimum absolute atomic E-state index is 0.0355. The summed E-state index contributed by atoms with van der Waals surface area (Å²) in [5, 5.41) is 15.5. The third kappa shape index (κ3) is 4.82. The van der Waals surface area contributed by atoms with Gasteiger partial charge in [0.05, 0.1) is 33.0 Å². The predicted molar refractivity (Wildman–Crippen MR) is 130 cm³/mol. The van der Waals surface area contributed by atoms with Crippen molar-refractivity contribution in [3.8, 4) is 5.69 Å². The number of carbonyl (C=O) groups is 1. The zero-order chi connectivity index (χ0) is 25.3. The number of benzene rings is 2. The number of non-ortho nitro benzene ring substituents is 1. The molecule has 1 aliphatic heterocycles. The average molecular weight is 498 g/mol. The van der Waals surface area contributed by atoms with Gasteiger partial charge in [-0.2, -0.15) is 9.40 Å². The van der Waals surface area contributed by atoms with E-state index in [1.54, 1.807) is 15.8 Å². The van der Waals surface area contributed by atoms with Crippen molar-refractivity contribution in [1.29, 1.82) is 0 Å². The molecule has 184 valence electrons. The first-order valence-electron chi connectivity index (χ1n) is 11.3. The maximum Gasteiger partial charge on any atom is 0.270 e. The van der Waals surface area contributed by atoms with Crippen LogP contribution in [0.25, 0.3) is 5.69 Å². The van der Waals surface area contributed by atoms with Crippen LogP contribution < -0.4 is 0 Å². The first kappa shape index (κ1) is 24.6. The van der Waals surface area contributed by atoms with E-state index in [0.29, 0.717) is 5.56 Å². The molecule has 0 unspecified atom stereocenters. The second kappa shape index (κ2) is 9.59. The standard InChI is InChI=1S/C24H27N5O5S/c1-17(2)23-22(16-25-28(23)19-9-7-18(3)8-10-19)24(30)26-11-13-27(14-12-26)35(33,34)21-6-4-5-20(15-21)29(31)32/h4-10,15-17H,11-14H2,1-3H3. The number of nitrogens with zero attached hydrogens (tertiary/aromatic N) is 5. The minimum Gasteiger partial charge on any atom is -0.336 e. The summed E-state index contributed by atoms with van der Waals surface area (Å²) in [4.78, 5) is 25.3. The Balaban J connectivity index is 1.52. The van der Waals surface area contributed by atoms with Crippen molar-refractivity contribution < 1.29 is 18.1 Å². The Bertz CT molecular complexity index is 1360. The highest BCUT2D eigenvalue weighted by Crippen LogP contribution is 2.26. The monoisotopic (exact) mass is 497 g/mol. The van der Waals surface area contributed by atoms with Gasteiger partial charge in [0.1, 0.15) is 0 Å². The lowest BCUT2D eigenvalue weighted by atomic mass is 10.0. The van der Waals surface area contributed by atoms with Gasteiger partial charge in [0.15, 0.2) is 0 Å². The summed E-state index contributed by atoms with van der Waals surface area (Å²) in [5.41, 5.74) is 3.00. The number of aromatic nitrogens is 2. The Morgan fingerprint density at radius 2 is 1.71 bits per heavy atom. The Morgan fingerprint density at radius 1 is 1.06 bits per heavy atom. The van der Waals surface area contributed by atoms with Crippen molar-refractivity contribution in [2.75, 3.05) is 26.2 Å². The number of hydrogen-bond acceptors (Lipinski definition) is 6. The number of nitro benzene ring substituents is 1. The van der Waals surface area contributed by atoms with Gasteiger partial charge in [-0.3, -0.25) is 14.9 Å². The fourth-order valence-corrected chi connectivity index (χ4v) is 5.64. The van der Waals surface area contributed by atoms with Gasteiger partial charge in [-0.1, -0.05) is 37.6 Å². The molecular formula is C24H27N5O5S. The minimum atomic E-state index is -3.91. The van der Waals surface area contributed by atoms with Crippen molar-refractivity contribution in [3.63, 3.8) is 0 Å². The highest BCUT2D eigenvalue weighted by atomic mass is 32.2. The van der Waals surface area contributed by atoms with E-state index in [0.717, 1.165) is 23.0 Å². The van der Waals surface area contributed by atoms with Crippen molar-refractivity contribution >= 4 is 21.6 Å². The molecule has 2 heterocycles. The van der Waals surface area contributed by atoms with Crippen LogP contribution in [0.5, 0.6) is 0 Å². The van der Waals surface area contributed by atoms with Crippen LogP contribution in [0, 0.1) is 17.0 Å². The molecule has 1 amide bonds. The van der Waals surface area contributed by atoms with Crippen LogP contribution in [-0.4, -0.2) is 64.4 Å². The summed E-state index contributed by atoms with van der Waals surface area (Å²) >= 11 is 0. The van der Waals surface area contributed by atoms with Gasteiger partial charge in [-0.05, 0) is 31.0 Å². The van der Waals surface area contributed by atoms with E-state index in [2.05, 4.69) is 5.10 Å². The van der Waals surface area contributed by atoms with Crippen LogP contribution in [-0.2, 0) is 10.0 Å². The zero-order valence-corrected chi connectivity index (χ0v) is 20.6. The number of nitro groups is 1. The van der Waals surface area contributed by atoms with Gasteiger partial charge in [0, 0.05) is 38.3 Å². The lowest BCUT2D eigenvalue weighted by Gasteiger charge is -2.34. The third-order valence-electron chi connectivity index (χ3n) is 6.05. The number of piperazine rings is 1. The molecule has 0 aliphatic carbocycles. The number of aryl methyl sites for hydroxylation is 1. The largest absolute Gasteiger partial charge is 0.336 e. The van der Waals surface area contributed by atoms with Crippen LogP contribution in [0.1, 0.15) is 41.4 Å². The topological polar surface area (TPSA) is 119 Å². The molecule has 1 saturated heterocycles. The third-order valence-corrected chi connectivity index (χ3v) is 7.95. The van der Waals surface area contributed by atoms with E-state index in [1.807, 2.05) is 45.0 Å². The molecule has 4 rings (SSSR count). The van der Waals surface area contributed by atoms with Gasteiger partial charge < -0.3 is 4.90 Å². The van der Waals surface area contributed by atoms with E-state index in [4.69, 9.17) is 0 Å². The molecule has 0 radical (unpaired) electrons. The van der Waals surface area contributed by atoms with Crippen molar-refractivity contribution in [2.24, 2.45) is 0 Å². The van der Waals surface area contributed by atoms with Gasteiger partial charge >= 0.3 is 0 Å². The molecule has 2 aromatic carbocycles.